The molecule has 0 aliphatic heterocycles. The molecule has 4 unspecified atom stereocenters. The van der Waals surface area contributed by atoms with Gasteiger partial charge in [-0.15, -0.1) is 13.2 Å². The van der Waals surface area contributed by atoms with Crippen LogP contribution in [0.15, 0.2) is 171 Å². The standard InChI is InChI=1S/C70H90O7Si2/c1-11-47-71-53(3)49-61-65(45-43-63(73-51-55-31-19-13-20-32-55)67(61)75-57-35-23-15-24-36-57)78(69(5,6)7,59-39-27-17-28-40-59)77-79(70(8,9)10,60-41-29-18-30-42-60)66-46-44-64(74-52-56-33-21-14-22-34-56)68(76-58-37-25-16-26-38-58)62(66)50-54(4)72-48-12-2/h11-14,17-22,27-34,39-46,53-54,57-58H,1-2,15-16,23-26,35-38,47-52H2,3-10H3. The quantitative estimate of drug-likeness (QED) is 0.0396. The Bertz CT molecular complexity index is 2640. The first-order valence-electron chi connectivity index (χ1n) is 29.4. The van der Waals surface area contributed by atoms with Crippen LogP contribution in [0.1, 0.15) is 142 Å². The van der Waals surface area contributed by atoms with E-state index >= 15 is 0 Å². The minimum Gasteiger partial charge on any atom is -0.486 e. The second-order valence-electron chi connectivity index (χ2n) is 24.1. The molecule has 0 heterocycles. The van der Waals surface area contributed by atoms with Crippen LogP contribution < -0.4 is 39.7 Å². The van der Waals surface area contributed by atoms with Gasteiger partial charge in [0.05, 0.1) is 37.6 Å². The van der Waals surface area contributed by atoms with E-state index in [0.29, 0.717) is 39.3 Å². The zero-order chi connectivity index (χ0) is 55.9. The summed E-state index contributed by atoms with van der Waals surface area (Å²) in [6.07, 6.45) is 15.4. The lowest BCUT2D eigenvalue weighted by atomic mass is 9.97. The summed E-state index contributed by atoms with van der Waals surface area (Å²) < 4.78 is 51.6. The number of rotatable bonds is 26. The van der Waals surface area contributed by atoms with Crippen LogP contribution in [0.3, 0.4) is 0 Å². The van der Waals surface area contributed by atoms with E-state index in [4.69, 9.17) is 28.4 Å². The molecule has 2 aliphatic carbocycles. The second kappa shape index (κ2) is 27.7. The van der Waals surface area contributed by atoms with Crippen LogP contribution in [0, 0.1) is 0 Å². The van der Waals surface area contributed by atoms with Gasteiger partial charge in [0.25, 0.3) is 16.6 Å². The molecule has 2 aliphatic rings. The van der Waals surface area contributed by atoms with Gasteiger partial charge in [0.2, 0.25) is 0 Å². The Morgan fingerprint density at radius 3 is 1.14 bits per heavy atom. The van der Waals surface area contributed by atoms with E-state index in [2.05, 4.69) is 202 Å². The molecule has 8 rings (SSSR count). The molecule has 420 valence electrons. The molecule has 79 heavy (non-hydrogen) atoms. The molecule has 4 atom stereocenters. The smallest absolute Gasteiger partial charge is 0.251 e. The fourth-order valence-corrected chi connectivity index (χ4v) is 25.5. The molecule has 0 spiro atoms. The predicted octanol–water partition coefficient (Wildman–Crippen LogP) is 15.0. The largest absolute Gasteiger partial charge is 0.486 e. The average Bonchev–Trinajstić information content (AvgIpc) is 3.63. The van der Waals surface area contributed by atoms with Gasteiger partial charge in [-0.3, -0.25) is 0 Å². The Hall–Kier alpha value is -5.69. The topological polar surface area (TPSA) is 64.6 Å². The summed E-state index contributed by atoms with van der Waals surface area (Å²) in [5.74, 6) is 3.08. The van der Waals surface area contributed by atoms with Crippen molar-refractivity contribution in [1.29, 1.82) is 0 Å². The van der Waals surface area contributed by atoms with Crippen molar-refractivity contribution in [2.45, 2.75) is 180 Å². The molecule has 0 N–H and O–H groups in total. The van der Waals surface area contributed by atoms with E-state index in [1.807, 2.05) is 24.3 Å². The predicted molar refractivity (Wildman–Crippen MR) is 332 cm³/mol. The minimum atomic E-state index is -3.69. The fourth-order valence-electron chi connectivity index (χ4n) is 12.2. The molecule has 0 saturated heterocycles. The molecule has 2 saturated carbocycles. The van der Waals surface area contributed by atoms with Crippen molar-refractivity contribution in [3.63, 3.8) is 0 Å². The average molecular weight is 1100 g/mol. The van der Waals surface area contributed by atoms with Crippen molar-refractivity contribution in [2.75, 3.05) is 13.2 Å². The molecule has 0 aromatic heterocycles. The maximum atomic E-state index is 9.31. The summed E-state index contributed by atoms with van der Waals surface area (Å²) in [5.41, 5.74) is 4.36. The lowest BCUT2D eigenvalue weighted by Gasteiger charge is -2.54. The van der Waals surface area contributed by atoms with Gasteiger partial charge in [-0.2, -0.15) is 0 Å². The summed E-state index contributed by atoms with van der Waals surface area (Å²) in [5, 5.41) is 3.77. The summed E-state index contributed by atoms with van der Waals surface area (Å²) in [7, 11) is -7.38. The highest BCUT2D eigenvalue weighted by Gasteiger charge is 2.62. The van der Waals surface area contributed by atoms with E-state index in [9.17, 15) is 4.12 Å². The molecule has 6 aromatic rings. The zero-order valence-electron chi connectivity index (χ0n) is 48.9. The van der Waals surface area contributed by atoms with E-state index in [-0.39, 0.29) is 24.4 Å². The Morgan fingerprint density at radius 2 is 0.810 bits per heavy atom. The number of hydrogen-bond acceptors (Lipinski definition) is 7. The van der Waals surface area contributed by atoms with Crippen molar-refractivity contribution >= 4 is 37.4 Å². The first-order valence-corrected chi connectivity index (χ1v) is 33.3. The zero-order valence-corrected chi connectivity index (χ0v) is 50.9. The van der Waals surface area contributed by atoms with Gasteiger partial charge in [-0.25, -0.2) is 0 Å². The van der Waals surface area contributed by atoms with E-state index in [1.54, 1.807) is 0 Å². The van der Waals surface area contributed by atoms with Gasteiger partial charge in [0.15, 0.2) is 23.0 Å². The molecular formula is C70H90O7Si2. The van der Waals surface area contributed by atoms with E-state index in [0.717, 1.165) is 96.6 Å². The maximum Gasteiger partial charge on any atom is 0.251 e. The van der Waals surface area contributed by atoms with Crippen molar-refractivity contribution in [2.24, 2.45) is 0 Å². The van der Waals surface area contributed by atoms with Crippen molar-refractivity contribution in [1.82, 2.24) is 0 Å². The first-order chi connectivity index (χ1) is 38.2. The SMILES string of the molecule is C=CCOC(C)Cc1c([Si](O[Si](c2ccccc2)(c2ccc(OCc3ccccc3)c(OC3CCCCC3)c2CC(C)OCC=C)C(C)(C)C)(c2ccccc2)C(C)(C)C)ccc(OCc2ccccc2)c1OC1CCCCC1. The van der Waals surface area contributed by atoms with E-state index in [1.165, 1.54) is 33.6 Å². The molecule has 0 amide bonds. The monoisotopic (exact) mass is 1100 g/mol. The molecule has 9 heteroatoms. The lowest BCUT2D eigenvalue weighted by molar-refractivity contribution is 0.0867. The van der Waals surface area contributed by atoms with Gasteiger partial charge in [-0.05, 0) is 119 Å². The van der Waals surface area contributed by atoms with Gasteiger partial charge in [-0.1, -0.05) is 200 Å². The van der Waals surface area contributed by atoms with Crippen LogP contribution in [-0.2, 0) is 39.6 Å². The van der Waals surface area contributed by atoms with Crippen LogP contribution in [0.4, 0.5) is 0 Å². The Morgan fingerprint density at radius 1 is 0.468 bits per heavy atom. The molecule has 6 aromatic carbocycles. The third kappa shape index (κ3) is 14.3. The highest BCUT2D eigenvalue weighted by molar-refractivity contribution is 7.11. The lowest BCUT2D eigenvalue weighted by Crippen LogP contribution is -2.79. The van der Waals surface area contributed by atoms with Gasteiger partial charge < -0.3 is 32.5 Å². The summed E-state index contributed by atoms with van der Waals surface area (Å²) in [6.45, 7) is 28.6. The Labute approximate surface area is 477 Å². The second-order valence-corrected chi connectivity index (χ2v) is 32.9. The summed E-state index contributed by atoms with van der Waals surface area (Å²) >= 11 is 0. The Balaban J connectivity index is 1.48. The van der Waals surface area contributed by atoms with Crippen LogP contribution in [-0.4, -0.2) is 54.3 Å². The molecule has 2 fully saturated rings. The minimum absolute atomic E-state index is 0.0417. The number of benzene rings is 6. The van der Waals surface area contributed by atoms with E-state index < -0.39 is 26.7 Å². The van der Waals surface area contributed by atoms with Crippen LogP contribution in [0.5, 0.6) is 23.0 Å². The van der Waals surface area contributed by atoms with Gasteiger partial charge in [0, 0.05) is 24.0 Å². The third-order valence-corrected chi connectivity index (χ3v) is 27.5. The van der Waals surface area contributed by atoms with Gasteiger partial charge >= 0.3 is 0 Å². The fraction of sp³-hybridized carbons (Fsp3) is 0.429. The summed E-state index contributed by atoms with van der Waals surface area (Å²) in [4.78, 5) is 0. The van der Waals surface area contributed by atoms with Crippen LogP contribution in [0.2, 0.25) is 10.1 Å². The third-order valence-electron chi connectivity index (χ3n) is 16.1. The van der Waals surface area contributed by atoms with Crippen molar-refractivity contribution in [3.8, 4) is 23.0 Å². The highest BCUT2D eigenvalue weighted by Crippen LogP contribution is 2.49. The van der Waals surface area contributed by atoms with Crippen molar-refractivity contribution in [3.05, 3.63) is 193 Å². The molecule has 0 bridgehead atoms. The van der Waals surface area contributed by atoms with Crippen molar-refractivity contribution < 1.29 is 32.5 Å². The molecule has 0 radical (unpaired) electrons. The maximum absolute atomic E-state index is 9.31. The normalized spacial score (nSPS) is 16.9. The number of ether oxygens (including phenoxy) is 6. The Kier molecular flexibility index (Phi) is 20.8. The molecule has 7 nitrogen and oxygen atoms in total. The first kappa shape index (κ1) is 59.4. The summed E-state index contributed by atoms with van der Waals surface area (Å²) in [6, 6.07) is 52.3. The number of hydrogen-bond donors (Lipinski definition) is 0. The molecular weight excluding hydrogens is 1010 g/mol. The van der Waals surface area contributed by atoms with Crippen LogP contribution >= 0.6 is 0 Å². The van der Waals surface area contributed by atoms with Crippen LogP contribution in [0.25, 0.3) is 0 Å². The highest BCUT2D eigenvalue weighted by atomic mass is 28.4. The van der Waals surface area contributed by atoms with Gasteiger partial charge in [0.1, 0.15) is 13.2 Å².